The lowest BCUT2D eigenvalue weighted by atomic mass is 10.1. The van der Waals surface area contributed by atoms with E-state index in [9.17, 15) is 4.79 Å². The largest absolute Gasteiger partial charge is 0.467 e. The first-order chi connectivity index (χ1) is 11.6. The van der Waals surface area contributed by atoms with Crippen molar-refractivity contribution in [1.29, 1.82) is 0 Å². The van der Waals surface area contributed by atoms with Gasteiger partial charge in [0.05, 0.1) is 19.4 Å². The zero-order chi connectivity index (χ0) is 16.9. The molecule has 1 N–H and O–H groups in total. The third-order valence-corrected chi connectivity index (χ3v) is 4.48. The number of anilines is 1. The lowest BCUT2D eigenvalue weighted by Gasteiger charge is -2.41. The summed E-state index contributed by atoms with van der Waals surface area (Å²) in [7, 11) is 0. The molecule has 0 aliphatic carbocycles. The highest BCUT2D eigenvalue weighted by Gasteiger charge is 2.25. The van der Waals surface area contributed by atoms with Crippen molar-refractivity contribution in [2.45, 2.75) is 26.4 Å². The Labute approximate surface area is 143 Å². The number of benzene rings is 1. The first-order valence-corrected chi connectivity index (χ1v) is 8.46. The van der Waals surface area contributed by atoms with Crippen molar-refractivity contribution in [3.05, 3.63) is 54.0 Å². The van der Waals surface area contributed by atoms with Crippen molar-refractivity contribution in [3.63, 3.8) is 0 Å². The number of piperazine rings is 1. The standard InChI is InChI=1S/C19H25N3O2/c1-15-5-7-17(8-6-15)22-10-9-21(13-16(22)2)14-19(23)20-12-18-4-3-11-24-18/h3-8,11,16H,9-10,12-14H2,1-2H3,(H,20,23). The number of carbonyl (C=O) groups is 1. The van der Waals surface area contributed by atoms with Crippen LogP contribution >= 0.6 is 0 Å². The van der Waals surface area contributed by atoms with Gasteiger partial charge in [-0.1, -0.05) is 17.7 Å². The van der Waals surface area contributed by atoms with Gasteiger partial charge in [0.1, 0.15) is 5.76 Å². The van der Waals surface area contributed by atoms with Crippen molar-refractivity contribution < 1.29 is 9.21 Å². The van der Waals surface area contributed by atoms with Crippen LogP contribution in [0.1, 0.15) is 18.2 Å². The van der Waals surface area contributed by atoms with Gasteiger partial charge < -0.3 is 14.6 Å². The number of nitrogens with one attached hydrogen (secondary N) is 1. The molecule has 5 heteroatoms. The number of carbonyl (C=O) groups excluding carboxylic acids is 1. The molecule has 1 aliphatic rings. The molecule has 1 fully saturated rings. The Morgan fingerprint density at radius 1 is 1.25 bits per heavy atom. The average Bonchev–Trinajstić information content (AvgIpc) is 3.08. The second-order valence-electron chi connectivity index (χ2n) is 6.47. The van der Waals surface area contributed by atoms with Gasteiger partial charge in [0.25, 0.3) is 0 Å². The number of aryl methyl sites for hydroxylation is 1. The Kier molecular flexibility index (Phi) is 5.20. The molecular weight excluding hydrogens is 302 g/mol. The Bertz CT molecular complexity index is 652. The van der Waals surface area contributed by atoms with E-state index in [1.165, 1.54) is 11.3 Å². The van der Waals surface area contributed by atoms with E-state index < -0.39 is 0 Å². The summed E-state index contributed by atoms with van der Waals surface area (Å²) in [6.45, 7) is 7.93. The summed E-state index contributed by atoms with van der Waals surface area (Å²) in [4.78, 5) is 16.7. The van der Waals surface area contributed by atoms with E-state index in [2.05, 4.69) is 53.2 Å². The summed E-state index contributed by atoms with van der Waals surface area (Å²) in [5.74, 6) is 0.822. The molecule has 1 aromatic heterocycles. The number of amides is 1. The quantitative estimate of drug-likeness (QED) is 0.916. The van der Waals surface area contributed by atoms with Crippen molar-refractivity contribution >= 4 is 11.6 Å². The van der Waals surface area contributed by atoms with E-state index in [1.54, 1.807) is 6.26 Å². The molecule has 1 aliphatic heterocycles. The first kappa shape index (κ1) is 16.6. The minimum Gasteiger partial charge on any atom is -0.467 e. The number of furan rings is 1. The van der Waals surface area contributed by atoms with Gasteiger partial charge in [-0.15, -0.1) is 0 Å². The molecule has 0 radical (unpaired) electrons. The predicted octanol–water partition coefficient (Wildman–Crippen LogP) is 2.41. The molecule has 1 atom stereocenters. The number of hydrogen-bond donors (Lipinski definition) is 1. The van der Waals surface area contributed by atoms with E-state index >= 15 is 0 Å². The van der Waals surface area contributed by atoms with Gasteiger partial charge in [-0.3, -0.25) is 9.69 Å². The molecule has 3 rings (SSSR count). The Hall–Kier alpha value is -2.27. The molecule has 1 unspecified atom stereocenters. The van der Waals surface area contributed by atoms with E-state index in [0.29, 0.717) is 19.1 Å². The molecule has 128 valence electrons. The zero-order valence-corrected chi connectivity index (χ0v) is 14.4. The normalized spacial score (nSPS) is 18.6. The van der Waals surface area contributed by atoms with Gasteiger partial charge >= 0.3 is 0 Å². The van der Waals surface area contributed by atoms with Crippen LogP contribution in [0.4, 0.5) is 5.69 Å². The van der Waals surface area contributed by atoms with E-state index in [4.69, 9.17) is 4.42 Å². The summed E-state index contributed by atoms with van der Waals surface area (Å²) in [5.41, 5.74) is 2.54. The maximum absolute atomic E-state index is 12.1. The maximum atomic E-state index is 12.1. The molecule has 0 saturated carbocycles. The number of hydrogen-bond acceptors (Lipinski definition) is 4. The number of nitrogens with zero attached hydrogens (tertiary/aromatic N) is 2. The topological polar surface area (TPSA) is 48.7 Å². The molecule has 5 nitrogen and oxygen atoms in total. The fourth-order valence-corrected chi connectivity index (χ4v) is 3.15. The molecule has 1 amide bonds. The third-order valence-electron chi connectivity index (χ3n) is 4.48. The van der Waals surface area contributed by atoms with Gasteiger partial charge in [-0.25, -0.2) is 0 Å². The van der Waals surface area contributed by atoms with Crippen LogP contribution in [0.2, 0.25) is 0 Å². The van der Waals surface area contributed by atoms with Crippen LogP contribution in [0.3, 0.4) is 0 Å². The van der Waals surface area contributed by atoms with Crippen molar-refractivity contribution in [2.75, 3.05) is 31.1 Å². The monoisotopic (exact) mass is 327 g/mol. The Morgan fingerprint density at radius 2 is 2.04 bits per heavy atom. The van der Waals surface area contributed by atoms with Gasteiger partial charge in [0.2, 0.25) is 5.91 Å². The lowest BCUT2D eigenvalue weighted by Crippen LogP contribution is -2.54. The second kappa shape index (κ2) is 7.53. The fraction of sp³-hybridized carbons (Fsp3) is 0.421. The molecule has 0 spiro atoms. The van der Waals surface area contributed by atoms with Crippen LogP contribution in [0.5, 0.6) is 0 Å². The SMILES string of the molecule is Cc1ccc(N2CCN(CC(=O)NCc3ccco3)CC2C)cc1. The van der Waals surface area contributed by atoms with Gasteiger partial charge in [-0.05, 0) is 38.1 Å². The van der Waals surface area contributed by atoms with E-state index in [-0.39, 0.29) is 5.91 Å². The lowest BCUT2D eigenvalue weighted by molar-refractivity contribution is -0.122. The van der Waals surface area contributed by atoms with E-state index in [1.807, 2.05) is 12.1 Å². The minimum atomic E-state index is 0.0439. The molecule has 24 heavy (non-hydrogen) atoms. The summed E-state index contributed by atoms with van der Waals surface area (Å²) in [5, 5.41) is 2.91. The summed E-state index contributed by atoms with van der Waals surface area (Å²) >= 11 is 0. The molecule has 2 aromatic rings. The van der Waals surface area contributed by atoms with Crippen LogP contribution in [0.15, 0.2) is 47.1 Å². The average molecular weight is 327 g/mol. The Balaban J connectivity index is 1.48. The smallest absolute Gasteiger partial charge is 0.234 e. The van der Waals surface area contributed by atoms with Crippen LogP contribution in [-0.2, 0) is 11.3 Å². The summed E-state index contributed by atoms with van der Waals surface area (Å²) in [6.07, 6.45) is 1.62. The predicted molar refractivity (Wildman–Crippen MR) is 95.0 cm³/mol. The van der Waals surface area contributed by atoms with Crippen LogP contribution in [0, 0.1) is 6.92 Å². The van der Waals surface area contributed by atoms with Gasteiger partial charge in [-0.2, -0.15) is 0 Å². The summed E-state index contributed by atoms with van der Waals surface area (Å²) < 4.78 is 5.23. The fourth-order valence-electron chi connectivity index (χ4n) is 3.15. The summed E-state index contributed by atoms with van der Waals surface area (Å²) in [6, 6.07) is 12.7. The van der Waals surface area contributed by atoms with Gasteiger partial charge in [0.15, 0.2) is 0 Å². The molecule has 0 bridgehead atoms. The molecule has 2 heterocycles. The van der Waals surface area contributed by atoms with Crippen molar-refractivity contribution in [2.24, 2.45) is 0 Å². The van der Waals surface area contributed by atoms with Crippen LogP contribution in [-0.4, -0.2) is 43.0 Å². The van der Waals surface area contributed by atoms with Crippen molar-refractivity contribution in [3.8, 4) is 0 Å². The van der Waals surface area contributed by atoms with Crippen molar-refractivity contribution in [1.82, 2.24) is 10.2 Å². The maximum Gasteiger partial charge on any atom is 0.234 e. The highest BCUT2D eigenvalue weighted by molar-refractivity contribution is 5.78. The highest BCUT2D eigenvalue weighted by Crippen LogP contribution is 2.20. The van der Waals surface area contributed by atoms with Crippen LogP contribution < -0.4 is 10.2 Å². The minimum absolute atomic E-state index is 0.0439. The second-order valence-corrected chi connectivity index (χ2v) is 6.47. The third kappa shape index (κ3) is 4.17. The molecule has 1 aromatic carbocycles. The molecule has 1 saturated heterocycles. The van der Waals surface area contributed by atoms with E-state index in [0.717, 1.165) is 25.4 Å². The number of rotatable bonds is 5. The van der Waals surface area contributed by atoms with Crippen LogP contribution in [0.25, 0.3) is 0 Å². The zero-order valence-electron chi connectivity index (χ0n) is 14.4. The first-order valence-electron chi connectivity index (χ1n) is 8.46. The highest BCUT2D eigenvalue weighted by atomic mass is 16.3. The Morgan fingerprint density at radius 3 is 2.71 bits per heavy atom. The molecular formula is C19H25N3O2. The van der Waals surface area contributed by atoms with Gasteiger partial charge in [0, 0.05) is 31.4 Å².